The Kier molecular flexibility index (Phi) is 2.13. The number of fused-ring (bicyclic) bond motifs is 1. The monoisotopic (exact) mass is 205 g/mol. The van der Waals surface area contributed by atoms with Crippen LogP contribution in [-0.2, 0) is 0 Å². The SMILES string of the molecule is O=C(O)c1cc(S)cc2cccnc12. The molecule has 2 aromatic rings. The molecule has 1 N–H and O–H groups in total. The molecule has 0 bridgehead atoms. The van der Waals surface area contributed by atoms with E-state index >= 15 is 0 Å². The predicted octanol–water partition coefficient (Wildman–Crippen LogP) is 2.22. The molecule has 0 saturated heterocycles. The van der Waals surface area contributed by atoms with Gasteiger partial charge in [0.05, 0.1) is 11.1 Å². The highest BCUT2D eigenvalue weighted by Crippen LogP contribution is 2.20. The number of aromatic carboxylic acids is 1. The highest BCUT2D eigenvalue weighted by molar-refractivity contribution is 7.80. The van der Waals surface area contributed by atoms with Gasteiger partial charge in [0.1, 0.15) is 0 Å². The number of aromatic nitrogens is 1. The summed E-state index contributed by atoms with van der Waals surface area (Å²) in [5.74, 6) is -0.982. The zero-order valence-corrected chi connectivity index (χ0v) is 8.03. The molecule has 3 nitrogen and oxygen atoms in total. The molecule has 0 radical (unpaired) electrons. The van der Waals surface area contributed by atoms with Crippen LogP contribution in [0.3, 0.4) is 0 Å². The molecular weight excluding hydrogens is 198 g/mol. The number of pyridine rings is 1. The van der Waals surface area contributed by atoms with E-state index in [0.29, 0.717) is 10.4 Å². The normalized spacial score (nSPS) is 10.4. The lowest BCUT2D eigenvalue weighted by molar-refractivity contribution is 0.0698. The van der Waals surface area contributed by atoms with Crippen molar-refractivity contribution in [3.8, 4) is 0 Å². The summed E-state index contributed by atoms with van der Waals surface area (Å²) >= 11 is 4.13. The van der Waals surface area contributed by atoms with Gasteiger partial charge < -0.3 is 5.11 Å². The third-order valence-corrected chi connectivity index (χ3v) is 2.18. The molecule has 1 heterocycles. The summed E-state index contributed by atoms with van der Waals surface area (Å²) in [5, 5.41) is 9.72. The second kappa shape index (κ2) is 3.31. The number of hydrogen-bond acceptors (Lipinski definition) is 3. The Morgan fingerprint density at radius 3 is 2.93 bits per heavy atom. The molecule has 0 amide bonds. The van der Waals surface area contributed by atoms with Gasteiger partial charge in [-0.05, 0) is 18.2 Å². The van der Waals surface area contributed by atoms with Crippen LogP contribution in [-0.4, -0.2) is 16.1 Å². The molecule has 70 valence electrons. The van der Waals surface area contributed by atoms with E-state index in [1.54, 1.807) is 18.3 Å². The first kappa shape index (κ1) is 9.02. The molecular formula is C10H7NO2S. The van der Waals surface area contributed by atoms with Gasteiger partial charge in [0.15, 0.2) is 0 Å². The van der Waals surface area contributed by atoms with E-state index in [1.807, 2.05) is 6.07 Å². The van der Waals surface area contributed by atoms with Gasteiger partial charge >= 0.3 is 5.97 Å². The van der Waals surface area contributed by atoms with E-state index in [1.165, 1.54) is 6.07 Å². The molecule has 0 fully saturated rings. The van der Waals surface area contributed by atoms with Crippen molar-refractivity contribution in [2.24, 2.45) is 0 Å². The smallest absolute Gasteiger partial charge is 0.337 e. The van der Waals surface area contributed by atoms with Crippen molar-refractivity contribution >= 4 is 29.5 Å². The van der Waals surface area contributed by atoms with Crippen LogP contribution in [0.25, 0.3) is 10.9 Å². The lowest BCUT2D eigenvalue weighted by Crippen LogP contribution is -1.98. The van der Waals surface area contributed by atoms with Crippen LogP contribution < -0.4 is 0 Å². The topological polar surface area (TPSA) is 50.2 Å². The maximum atomic E-state index is 10.9. The summed E-state index contributed by atoms with van der Waals surface area (Å²) in [5.41, 5.74) is 0.686. The number of thiol groups is 1. The quantitative estimate of drug-likeness (QED) is 0.702. The van der Waals surface area contributed by atoms with E-state index in [2.05, 4.69) is 17.6 Å². The van der Waals surface area contributed by atoms with Crippen LogP contribution in [0.4, 0.5) is 0 Å². The van der Waals surface area contributed by atoms with Crippen LogP contribution in [0.5, 0.6) is 0 Å². The minimum atomic E-state index is -0.982. The van der Waals surface area contributed by atoms with E-state index in [9.17, 15) is 4.79 Å². The lowest BCUT2D eigenvalue weighted by Gasteiger charge is -2.02. The Labute approximate surface area is 85.8 Å². The molecule has 0 unspecified atom stereocenters. The molecule has 1 aromatic carbocycles. The second-order valence-corrected chi connectivity index (χ2v) is 3.39. The van der Waals surface area contributed by atoms with Gasteiger partial charge in [-0.25, -0.2) is 4.79 Å². The molecule has 1 aromatic heterocycles. The molecule has 14 heavy (non-hydrogen) atoms. The van der Waals surface area contributed by atoms with E-state index < -0.39 is 5.97 Å². The molecule has 0 aliphatic rings. The zero-order valence-electron chi connectivity index (χ0n) is 7.14. The van der Waals surface area contributed by atoms with Crippen LogP contribution in [0.2, 0.25) is 0 Å². The van der Waals surface area contributed by atoms with Gasteiger partial charge in [-0.2, -0.15) is 0 Å². The summed E-state index contributed by atoms with van der Waals surface area (Å²) in [6.07, 6.45) is 1.58. The molecule has 0 saturated carbocycles. The minimum Gasteiger partial charge on any atom is -0.478 e. The summed E-state index contributed by atoms with van der Waals surface area (Å²) in [6.45, 7) is 0. The average molecular weight is 205 g/mol. The Hall–Kier alpha value is -1.55. The summed E-state index contributed by atoms with van der Waals surface area (Å²) in [4.78, 5) is 15.5. The lowest BCUT2D eigenvalue weighted by atomic mass is 10.1. The maximum absolute atomic E-state index is 10.9. The first-order valence-electron chi connectivity index (χ1n) is 3.99. The number of benzene rings is 1. The van der Waals surface area contributed by atoms with Crippen molar-refractivity contribution in [3.05, 3.63) is 36.0 Å². The Morgan fingerprint density at radius 2 is 2.21 bits per heavy atom. The summed E-state index contributed by atoms with van der Waals surface area (Å²) in [7, 11) is 0. The average Bonchev–Trinajstić information content (AvgIpc) is 2.16. The highest BCUT2D eigenvalue weighted by atomic mass is 32.1. The summed E-state index contributed by atoms with van der Waals surface area (Å²) < 4.78 is 0. The highest BCUT2D eigenvalue weighted by Gasteiger charge is 2.09. The van der Waals surface area contributed by atoms with Gasteiger partial charge in [-0.3, -0.25) is 4.98 Å². The van der Waals surface area contributed by atoms with Crippen LogP contribution in [0, 0.1) is 0 Å². The minimum absolute atomic E-state index is 0.188. The number of carboxylic acid groups (broad SMARTS) is 1. The third-order valence-electron chi connectivity index (χ3n) is 1.92. The fourth-order valence-corrected chi connectivity index (χ4v) is 1.61. The number of rotatable bonds is 1. The van der Waals surface area contributed by atoms with Crippen LogP contribution >= 0.6 is 12.6 Å². The molecule has 0 aliphatic carbocycles. The first-order chi connectivity index (χ1) is 6.68. The molecule has 0 atom stereocenters. The fraction of sp³-hybridized carbons (Fsp3) is 0. The van der Waals surface area contributed by atoms with E-state index in [-0.39, 0.29) is 5.56 Å². The van der Waals surface area contributed by atoms with Crippen molar-refractivity contribution in [2.75, 3.05) is 0 Å². The number of hydrogen-bond donors (Lipinski definition) is 2. The van der Waals surface area contributed by atoms with E-state index in [4.69, 9.17) is 5.11 Å². The van der Waals surface area contributed by atoms with Gasteiger partial charge in [-0.1, -0.05) is 6.07 Å². The van der Waals surface area contributed by atoms with Gasteiger partial charge in [0, 0.05) is 16.5 Å². The van der Waals surface area contributed by atoms with Gasteiger partial charge in [0.25, 0.3) is 0 Å². The molecule has 0 aliphatic heterocycles. The van der Waals surface area contributed by atoms with Crippen molar-refractivity contribution < 1.29 is 9.90 Å². The van der Waals surface area contributed by atoms with Crippen LogP contribution in [0.15, 0.2) is 35.4 Å². The second-order valence-electron chi connectivity index (χ2n) is 2.87. The zero-order chi connectivity index (χ0) is 10.1. The Bertz CT molecular complexity index is 510. The Morgan fingerprint density at radius 1 is 1.43 bits per heavy atom. The van der Waals surface area contributed by atoms with Gasteiger partial charge in [0.2, 0.25) is 0 Å². The van der Waals surface area contributed by atoms with Gasteiger partial charge in [-0.15, -0.1) is 12.6 Å². The third kappa shape index (κ3) is 1.44. The van der Waals surface area contributed by atoms with E-state index in [0.717, 1.165) is 5.39 Å². The summed E-state index contributed by atoms with van der Waals surface area (Å²) in [6, 6.07) is 6.87. The number of nitrogens with zero attached hydrogens (tertiary/aromatic N) is 1. The number of carbonyl (C=O) groups is 1. The molecule has 0 spiro atoms. The fourth-order valence-electron chi connectivity index (χ4n) is 1.34. The Balaban J connectivity index is 2.87. The van der Waals surface area contributed by atoms with Crippen molar-refractivity contribution in [1.82, 2.24) is 4.98 Å². The largest absolute Gasteiger partial charge is 0.478 e. The van der Waals surface area contributed by atoms with Crippen molar-refractivity contribution in [1.29, 1.82) is 0 Å². The standard InChI is InChI=1S/C10H7NO2S/c12-10(13)8-5-7(14)4-6-2-1-3-11-9(6)8/h1-5,14H,(H,12,13). The molecule has 4 heteroatoms. The first-order valence-corrected chi connectivity index (χ1v) is 4.44. The van der Waals surface area contributed by atoms with Crippen molar-refractivity contribution in [2.45, 2.75) is 4.90 Å². The predicted molar refractivity (Wildman–Crippen MR) is 56.0 cm³/mol. The maximum Gasteiger partial charge on any atom is 0.337 e. The van der Waals surface area contributed by atoms with Crippen molar-refractivity contribution in [3.63, 3.8) is 0 Å². The van der Waals surface area contributed by atoms with Crippen LogP contribution in [0.1, 0.15) is 10.4 Å². The molecule has 2 rings (SSSR count). The number of carboxylic acids is 1.